The number of ether oxygens (including phenoxy) is 2. The number of nitrogens with zero attached hydrogens (tertiary/aromatic N) is 5. The minimum absolute atomic E-state index is 0.0406. The van der Waals surface area contributed by atoms with Crippen LogP contribution in [0.4, 0.5) is 28.9 Å². The maximum absolute atomic E-state index is 12.7. The zero-order chi connectivity index (χ0) is 41.8. The van der Waals surface area contributed by atoms with Gasteiger partial charge in [-0.2, -0.15) is 5.26 Å². The van der Waals surface area contributed by atoms with Crippen LogP contribution in [0.1, 0.15) is 76.4 Å². The number of aromatic nitrogens is 4. The molecule has 0 aliphatic carbocycles. The third-order valence-corrected chi connectivity index (χ3v) is 8.21. The predicted octanol–water partition coefficient (Wildman–Crippen LogP) is 9.05. The summed E-state index contributed by atoms with van der Waals surface area (Å²) < 4.78 is 62.7. The fourth-order valence-electron chi connectivity index (χ4n) is 5.55. The fourth-order valence-corrected chi connectivity index (χ4v) is 5.73. The SMILES string of the molecule is CC(C)n1cnc2cc(C(=O)Nc3ccc(OC(F)(F)Cl)cc3)cc(C#N)c21.CC(C)n1cnc2cc(C(=O)Nc3ccc(OC(F)(F)Cl)cc3)cc(C(N)=O)c21. The van der Waals surface area contributed by atoms with E-state index in [0.717, 1.165) is 0 Å². The van der Waals surface area contributed by atoms with Crippen LogP contribution in [0.3, 0.4) is 0 Å². The molecule has 6 aromatic rings. The van der Waals surface area contributed by atoms with Crippen LogP contribution in [-0.4, -0.2) is 48.0 Å². The zero-order valence-electron chi connectivity index (χ0n) is 30.4. The second kappa shape index (κ2) is 16.8. The quantitative estimate of drug-likeness (QED) is 0.0855. The van der Waals surface area contributed by atoms with E-state index >= 15 is 0 Å². The highest BCUT2D eigenvalue weighted by Gasteiger charge is 2.28. The number of carbonyl (C=O) groups excluding carboxylic acids is 3. The fraction of sp³-hybridized carbons (Fsp3) is 0.211. The van der Waals surface area contributed by atoms with Crippen molar-refractivity contribution in [3.63, 3.8) is 0 Å². The molecule has 0 saturated carbocycles. The topological polar surface area (TPSA) is 179 Å². The minimum Gasteiger partial charge on any atom is -0.420 e. The number of imidazole rings is 2. The monoisotopic (exact) mass is 826 g/mol. The summed E-state index contributed by atoms with van der Waals surface area (Å²) >= 11 is 9.42. The van der Waals surface area contributed by atoms with Crippen molar-refractivity contribution in [3.8, 4) is 17.6 Å². The normalized spacial score (nSPS) is 11.6. The lowest BCUT2D eigenvalue weighted by molar-refractivity contribution is -0.0972. The summed E-state index contributed by atoms with van der Waals surface area (Å²) in [5, 5.41) is 14.7. The lowest BCUT2D eigenvalue weighted by Crippen LogP contribution is -2.17. The number of nitriles is 1. The minimum atomic E-state index is -3.83. The first-order valence-corrected chi connectivity index (χ1v) is 17.5. The Kier molecular flexibility index (Phi) is 12.3. The highest BCUT2D eigenvalue weighted by molar-refractivity contribution is 6.21. The Hall–Kier alpha value is -6.38. The van der Waals surface area contributed by atoms with Crippen LogP contribution in [0.5, 0.6) is 11.5 Å². The number of primary amides is 1. The standard InChI is InChI=1S/C19H17ClF2N4O3.C19H15ClF2N4O2/c1-10(2)26-9-24-15-8-11(7-14(16(15)26)17(23)27)18(28)25-12-3-5-13(6-4-12)29-19(20,21)22;1-11(2)26-10-24-16-8-12(7-13(9-23)17(16)26)18(27)25-14-3-5-15(6-4-14)28-19(20,21)22/h3-10H,1-2H3,(H2,23,27)(H,25,28);3-8,10-11H,1-2H3,(H,25,27). The summed E-state index contributed by atoms with van der Waals surface area (Å²) in [6, 6.07) is 18.8. The van der Waals surface area contributed by atoms with Crippen LogP contribution < -0.4 is 25.8 Å². The number of hydrogen-bond acceptors (Lipinski definition) is 8. The second-order valence-corrected chi connectivity index (χ2v) is 13.7. The lowest BCUT2D eigenvalue weighted by Gasteiger charge is -2.12. The van der Waals surface area contributed by atoms with Crippen molar-refractivity contribution in [2.24, 2.45) is 5.73 Å². The van der Waals surface area contributed by atoms with Gasteiger partial charge in [-0.15, -0.1) is 17.6 Å². The number of alkyl halides is 6. The van der Waals surface area contributed by atoms with Gasteiger partial charge in [-0.1, -0.05) is 0 Å². The van der Waals surface area contributed by atoms with E-state index in [9.17, 15) is 37.2 Å². The summed E-state index contributed by atoms with van der Waals surface area (Å²) in [4.78, 5) is 45.6. The molecule has 19 heteroatoms. The first-order chi connectivity index (χ1) is 26.7. The molecule has 0 aliphatic rings. The van der Waals surface area contributed by atoms with Crippen LogP contribution in [0.25, 0.3) is 22.1 Å². The van der Waals surface area contributed by atoms with Gasteiger partial charge in [-0.25, -0.2) is 9.97 Å². The third kappa shape index (κ3) is 10.5. The van der Waals surface area contributed by atoms with Crippen LogP contribution in [0, 0.1) is 11.3 Å². The molecule has 13 nitrogen and oxygen atoms in total. The van der Waals surface area contributed by atoms with E-state index in [4.69, 9.17) is 28.9 Å². The van der Waals surface area contributed by atoms with E-state index in [2.05, 4.69) is 36.1 Å². The van der Waals surface area contributed by atoms with Gasteiger partial charge < -0.3 is 35.0 Å². The number of fused-ring (bicyclic) bond motifs is 2. The first kappa shape index (κ1) is 41.8. The molecule has 57 heavy (non-hydrogen) atoms. The average Bonchev–Trinajstić information content (AvgIpc) is 3.77. The van der Waals surface area contributed by atoms with Crippen molar-refractivity contribution in [2.75, 3.05) is 10.6 Å². The van der Waals surface area contributed by atoms with Gasteiger partial charge in [0, 0.05) is 57.8 Å². The smallest absolute Gasteiger partial charge is 0.420 e. The van der Waals surface area contributed by atoms with E-state index in [1.54, 1.807) is 29.4 Å². The third-order valence-electron chi connectivity index (χ3n) is 8.05. The number of anilines is 2. The Morgan fingerprint density at radius 2 is 1.12 bits per heavy atom. The van der Waals surface area contributed by atoms with E-state index in [1.807, 2.05) is 32.3 Å². The van der Waals surface area contributed by atoms with Gasteiger partial charge in [0.1, 0.15) is 17.6 Å². The van der Waals surface area contributed by atoms with Gasteiger partial charge in [0.2, 0.25) is 0 Å². The van der Waals surface area contributed by atoms with Crippen molar-refractivity contribution in [3.05, 3.63) is 108 Å². The molecule has 3 amide bonds. The predicted molar refractivity (Wildman–Crippen MR) is 205 cm³/mol. The molecule has 0 unspecified atom stereocenters. The Morgan fingerprint density at radius 1 is 0.719 bits per heavy atom. The lowest BCUT2D eigenvalue weighted by atomic mass is 10.1. The molecule has 4 N–H and O–H groups in total. The molecular formula is C38H32Cl2F4N8O5. The van der Waals surface area contributed by atoms with Gasteiger partial charge in [-0.05, 0) is 100 Å². The molecule has 0 saturated heterocycles. The molecule has 0 spiro atoms. The van der Waals surface area contributed by atoms with Crippen molar-refractivity contribution < 1.29 is 41.4 Å². The van der Waals surface area contributed by atoms with Crippen LogP contribution >= 0.6 is 23.2 Å². The van der Waals surface area contributed by atoms with Gasteiger partial charge >= 0.3 is 11.1 Å². The van der Waals surface area contributed by atoms with Crippen LogP contribution in [-0.2, 0) is 0 Å². The van der Waals surface area contributed by atoms with Crippen LogP contribution in [0.15, 0.2) is 85.5 Å². The van der Waals surface area contributed by atoms with Crippen molar-refractivity contribution in [2.45, 2.75) is 50.9 Å². The molecule has 2 aromatic heterocycles. The van der Waals surface area contributed by atoms with Gasteiger partial charge in [0.15, 0.2) is 0 Å². The summed E-state index contributed by atoms with van der Waals surface area (Å²) in [5.74, 6) is -1.99. The van der Waals surface area contributed by atoms with E-state index in [-0.39, 0.29) is 40.3 Å². The van der Waals surface area contributed by atoms with Crippen LogP contribution in [0.2, 0.25) is 0 Å². The molecule has 6 rings (SSSR count). The number of amides is 3. The zero-order valence-corrected chi connectivity index (χ0v) is 31.9. The van der Waals surface area contributed by atoms with Crippen molar-refractivity contribution in [1.29, 1.82) is 5.26 Å². The van der Waals surface area contributed by atoms with Gasteiger partial charge in [0.05, 0.1) is 45.8 Å². The molecule has 296 valence electrons. The van der Waals surface area contributed by atoms with E-state index in [0.29, 0.717) is 39.0 Å². The summed E-state index contributed by atoms with van der Waals surface area (Å²) in [5.41, 5.74) is 1.68. The highest BCUT2D eigenvalue weighted by atomic mass is 35.5. The maximum atomic E-state index is 12.7. The Balaban J connectivity index is 0.000000218. The highest BCUT2D eigenvalue weighted by Crippen LogP contribution is 2.29. The average molecular weight is 828 g/mol. The maximum Gasteiger partial charge on any atom is 0.487 e. The molecule has 2 heterocycles. The summed E-state index contributed by atoms with van der Waals surface area (Å²) in [6.45, 7) is 7.80. The molecule has 0 radical (unpaired) electrons. The second-order valence-electron chi connectivity index (χ2n) is 12.8. The van der Waals surface area contributed by atoms with Gasteiger partial charge in [-0.3, -0.25) is 14.4 Å². The molecule has 4 aromatic carbocycles. The number of nitrogens with two attached hydrogens (primary N) is 1. The molecule has 0 aliphatic heterocycles. The summed E-state index contributed by atoms with van der Waals surface area (Å²) in [6.07, 6.45) is 3.21. The first-order valence-electron chi connectivity index (χ1n) is 16.8. The molecule has 0 fully saturated rings. The van der Waals surface area contributed by atoms with E-state index < -0.39 is 28.9 Å². The number of nitrogens with one attached hydrogen (secondary N) is 2. The number of hydrogen-bond donors (Lipinski definition) is 3. The number of benzene rings is 4. The molecule has 0 bridgehead atoms. The number of carbonyl (C=O) groups is 3. The summed E-state index contributed by atoms with van der Waals surface area (Å²) in [7, 11) is 0. The Bertz CT molecular complexity index is 2490. The number of rotatable bonds is 11. The van der Waals surface area contributed by atoms with Crippen molar-refractivity contribution in [1.82, 2.24) is 19.1 Å². The van der Waals surface area contributed by atoms with Gasteiger partial charge in [0.25, 0.3) is 17.7 Å². The molecular weight excluding hydrogens is 795 g/mol. The number of halogens is 6. The van der Waals surface area contributed by atoms with E-state index in [1.165, 1.54) is 60.7 Å². The Labute approximate surface area is 331 Å². The Morgan fingerprint density at radius 3 is 1.51 bits per heavy atom. The largest absolute Gasteiger partial charge is 0.487 e. The molecule has 0 atom stereocenters. The van der Waals surface area contributed by atoms with Crippen molar-refractivity contribution >= 4 is 74.4 Å².